The molecule has 0 bridgehead atoms. The molecule has 2 heterocycles. The largest absolute Gasteiger partial charge is 0.369 e. The lowest BCUT2D eigenvalue weighted by Gasteiger charge is -2.14. The van der Waals surface area contributed by atoms with Gasteiger partial charge in [0.1, 0.15) is 5.01 Å². The molecule has 0 aromatic carbocycles. The summed E-state index contributed by atoms with van der Waals surface area (Å²) in [5, 5.41) is 2.62. The predicted octanol–water partition coefficient (Wildman–Crippen LogP) is 0.758. The van der Waals surface area contributed by atoms with Crippen molar-refractivity contribution < 1.29 is 9.59 Å². The third-order valence-electron chi connectivity index (χ3n) is 2.98. The Morgan fingerprint density at radius 1 is 1.61 bits per heavy atom. The number of amides is 2. The summed E-state index contributed by atoms with van der Waals surface area (Å²) in [6.45, 7) is 1.03. The monoisotopic (exact) mass is 287 g/mol. The van der Waals surface area contributed by atoms with Crippen molar-refractivity contribution in [3.8, 4) is 0 Å². The number of likely N-dealkylation sites (tertiary alicyclic amines) is 1. The number of nitrogens with two attached hydrogens (primary N) is 1. The highest BCUT2D eigenvalue weighted by atomic mass is 35.5. The van der Waals surface area contributed by atoms with E-state index in [9.17, 15) is 9.59 Å². The van der Waals surface area contributed by atoms with Crippen LogP contribution in [0.3, 0.4) is 0 Å². The first-order chi connectivity index (χ1) is 8.60. The first kappa shape index (κ1) is 13.3. The second kappa shape index (κ2) is 5.67. The van der Waals surface area contributed by atoms with Gasteiger partial charge in [0.25, 0.3) is 0 Å². The van der Waals surface area contributed by atoms with Gasteiger partial charge in [-0.3, -0.25) is 9.59 Å². The number of carbonyl (C=O) groups is 2. The van der Waals surface area contributed by atoms with E-state index in [1.807, 2.05) is 5.38 Å². The average Bonchev–Trinajstić information content (AvgIpc) is 2.97. The summed E-state index contributed by atoms with van der Waals surface area (Å²) in [5.41, 5.74) is 6.02. The van der Waals surface area contributed by atoms with Crippen LogP contribution in [0.2, 0.25) is 0 Å². The van der Waals surface area contributed by atoms with Crippen molar-refractivity contribution in [1.82, 2.24) is 9.88 Å². The highest BCUT2D eigenvalue weighted by Gasteiger charge is 2.29. The summed E-state index contributed by atoms with van der Waals surface area (Å²) in [6, 6.07) is 0. The molecule has 0 radical (unpaired) electrons. The maximum Gasteiger partial charge on any atom is 0.229 e. The zero-order chi connectivity index (χ0) is 13.1. The lowest BCUT2D eigenvalue weighted by molar-refractivity contribution is -0.129. The van der Waals surface area contributed by atoms with Crippen LogP contribution in [0.4, 0.5) is 0 Å². The van der Waals surface area contributed by atoms with E-state index in [-0.39, 0.29) is 24.2 Å². The molecule has 1 aromatic heterocycles. The lowest BCUT2D eigenvalue weighted by atomic mass is 10.1. The van der Waals surface area contributed by atoms with Gasteiger partial charge in [-0.15, -0.1) is 22.9 Å². The zero-order valence-electron chi connectivity index (χ0n) is 9.76. The van der Waals surface area contributed by atoms with Crippen molar-refractivity contribution in [1.29, 1.82) is 0 Å². The van der Waals surface area contributed by atoms with Gasteiger partial charge in [0, 0.05) is 18.5 Å². The summed E-state index contributed by atoms with van der Waals surface area (Å²) in [4.78, 5) is 28.9. The number of rotatable bonds is 4. The van der Waals surface area contributed by atoms with Gasteiger partial charge in [-0.25, -0.2) is 4.98 Å². The molecule has 1 aromatic rings. The lowest BCUT2D eigenvalue weighted by Crippen LogP contribution is -2.32. The molecule has 0 spiro atoms. The Morgan fingerprint density at radius 3 is 2.94 bits per heavy atom. The minimum absolute atomic E-state index is 0.00535. The number of carbonyl (C=O) groups excluding carboxylic acids is 2. The number of aromatic nitrogens is 1. The van der Waals surface area contributed by atoms with Crippen molar-refractivity contribution in [3.05, 3.63) is 16.1 Å². The molecular weight excluding hydrogens is 274 g/mol. The van der Waals surface area contributed by atoms with Crippen LogP contribution < -0.4 is 5.73 Å². The van der Waals surface area contributed by atoms with E-state index in [1.54, 1.807) is 4.90 Å². The molecule has 0 saturated carbocycles. The van der Waals surface area contributed by atoms with Gasteiger partial charge in [-0.2, -0.15) is 0 Å². The molecule has 0 aliphatic carbocycles. The quantitative estimate of drug-likeness (QED) is 0.831. The van der Waals surface area contributed by atoms with Crippen molar-refractivity contribution in [2.45, 2.75) is 18.7 Å². The Kier molecular flexibility index (Phi) is 4.19. The molecule has 18 heavy (non-hydrogen) atoms. The number of halogens is 1. The van der Waals surface area contributed by atoms with E-state index in [0.29, 0.717) is 25.4 Å². The van der Waals surface area contributed by atoms with E-state index in [1.165, 1.54) is 11.3 Å². The van der Waals surface area contributed by atoms with Crippen LogP contribution in [-0.4, -0.2) is 34.8 Å². The number of hydrogen-bond acceptors (Lipinski definition) is 4. The molecule has 1 unspecified atom stereocenters. The van der Waals surface area contributed by atoms with Gasteiger partial charge < -0.3 is 10.6 Å². The van der Waals surface area contributed by atoms with Crippen molar-refractivity contribution in [2.24, 2.45) is 11.7 Å². The van der Waals surface area contributed by atoms with Crippen LogP contribution >= 0.6 is 22.9 Å². The maximum absolute atomic E-state index is 12.0. The highest BCUT2D eigenvalue weighted by Crippen LogP contribution is 2.18. The van der Waals surface area contributed by atoms with Gasteiger partial charge in [0.05, 0.1) is 23.9 Å². The third kappa shape index (κ3) is 3.00. The first-order valence-electron chi connectivity index (χ1n) is 5.66. The normalized spacial score (nSPS) is 19.2. The van der Waals surface area contributed by atoms with E-state index in [4.69, 9.17) is 17.3 Å². The van der Waals surface area contributed by atoms with Crippen LogP contribution in [0.1, 0.15) is 17.1 Å². The Hall–Kier alpha value is -1.14. The van der Waals surface area contributed by atoms with Crippen LogP contribution in [0, 0.1) is 5.92 Å². The minimum atomic E-state index is -0.330. The highest BCUT2D eigenvalue weighted by molar-refractivity contribution is 7.09. The number of hydrogen-bond donors (Lipinski definition) is 1. The Balaban J connectivity index is 1.91. The second-order valence-electron chi connectivity index (χ2n) is 4.27. The van der Waals surface area contributed by atoms with Gasteiger partial charge in [-0.05, 0) is 6.42 Å². The smallest absolute Gasteiger partial charge is 0.229 e. The molecule has 2 amide bonds. The van der Waals surface area contributed by atoms with Gasteiger partial charge in [0.15, 0.2) is 0 Å². The fourth-order valence-corrected chi connectivity index (χ4v) is 2.96. The summed E-state index contributed by atoms with van der Waals surface area (Å²) in [5.74, 6) is -0.181. The number of thiazole rings is 1. The van der Waals surface area contributed by atoms with Crippen LogP contribution in [0.5, 0.6) is 0 Å². The summed E-state index contributed by atoms with van der Waals surface area (Å²) < 4.78 is 0. The molecule has 5 nitrogen and oxygen atoms in total. The molecule has 1 aliphatic rings. The molecule has 1 aliphatic heterocycles. The van der Waals surface area contributed by atoms with Crippen LogP contribution in [0.15, 0.2) is 5.38 Å². The predicted molar refractivity (Wildman–Crippen MR) is 69.3 cm³/mol. The van der Waals surface area contributed by atoms with Crippen LogP contribution in [-0.2, 0) is 21.9 Å². The number of nitrogens with zero attached hydrogens (tertiary/aromatic N) is 2. The van der Waals surface area contributed by atoms with Crippen molar-refractivity contribution >= 4 is 34.8 Å². The van der Waals surface area contributed by atoms with E-state index < -0.39 is 0 Å². The Morgan fingerprint density at radius 2 is 2.39 bits per heavy atom. The Bertz CT molecular complexity index is 463. The Labute approximate surface area is 114 Å². The van der Waals surface area contributed by atoms with Crippen LogP contribution in [0.25, 0.3) is 0 Å². The molecule has 1 atom stereocenters. The van der Waals surface area contributed by atoms with Crippen molar-refractivity contribution in [3.63, 3.8) is 0 Å². The molecule has 98 valence electrons. The fourth-order valence-electron chi connectivity index (χ4n) is 1.95. The zero-order valence-corrected chi connectivity index (χ0v) is 11.3. The van der Waals surface area contributed by atoms with Gasteiger partial charge >= 0.3 is 0 Å². The van der Waals surface area contributed by atoms with E-state index in [2.05, 4.69) is 4.98 Å². The maximum atomic E-state index is 12.0. The van der Waals surface area contributed by atoms with Gasteiger partial charge in [0.2, 0.25) is 11.8 Å². The van der Waals surface area contributed by atoms with E-state index >= 15 is 0 Å². The SMILES string of the molecule is NC(=O)C1CCN(C(=O)Cc2nc(CCl)cs2)C1. The molecule has 2 rings (SSSR count). The average molecular weight is 288 g/mol. The molecular formula is C11H14ClN3O2S. The minimum Gasteiger partial charge on any atom is -0.369 e. The fraction of sp³-hybridized carbons (Fsp3) is 0.545. The summed E-state index contributed by atoms with van der Waals surface area (Å²) in [7, 11) is 0. The van der Waals surface area contributed by atoms with Crippen molar-refractivity contribution in [2.75, 3.05) is 13.1 Å². The van der Waals surface area contributed by atoms with E-state index in [0.717, 1.165) is 10.7 Å². The van der Waals surface area contributed by atoms with Gasteiger partial charge in [-0.1, -0.05) is 0 Å². The molecule has 1 saturated heterocycles. The summed E-state index contributed by atoms with van der Waals surface area (Å²) >= 11 is 7.09. The number of primary amides is 1. The second-order valence-corrected chi connectivity index (χ2v) is 5.48. The standard InChI is InChI=1S/C11H14ClN3O2S/c12-4-8-6-18-9(14-8)3-10(16)15-2-1-7(5-15)11(13)17/h6-7H,1-5H2,(H2,13,17). The first-order valence-corrected chi connectivity index (χ1v) is 7.08. The summed E-state index contributed by atoms with van der Waals surface area (Å²) in [6.07, 6.45) is 0.929. The number of alkyl halides is 1. The molecule has 2 N–H and O–H groups in total. The molecule has 1 fully saturated rings. The topological polar surface area (TPSA) is 76.3 Å². The molecule has 7 heteroatoms. The third-order valence-corrected chi connectivity index (χ3v) is 4.15.